The third-order valence-corrected chi connectivity index (χ3v) is 5.13. The van der Waals surface area contributed by atoms with E-state index in [1.165, 1.54) is 0 Å². The Morgan fingerprint density at radius 1 is 1.04 bits per heavy atom. The summed E-state index contributed by atoms with van der Waals surface area (Å²) in [7, 11) is 0. The van der Waals surface area contributed by atoms with E-state index in [9.17, 15) is 8.78 Å². The van der Waals surface area contributed by atoms with Gasteiger partial charge in [-0.25, -0.2) is 13.5 Å². The minimum atomic E-state index is -2.57. The second-order valence-corrected chi connectivity index (χ2v) is 7.17. The fourth-order valence-electron chi connectivity index (χ4n) is 3.42. The van der Waals surface area contributed by atoms with Gasteiger partial charge in [0, 0.05) is 36.2 Å². The summed E-state index contributed by atoms with van der Waals surface area (Å²) in [6, 6.07) is 7.51. The zero-order valence-electron chi connectivity index (χ0n) is 14.3. The number of benzene rings is 1. The number of allylic oxidation sites excluding steroid dienone is 2. The first-order valence-corrected chi connectivity index (χ1v) is 9.26. The summed E-state index contributed by atoms with van der Waals surface area (Å²) < 4.78 is 29.0. The maximum absolute atomic E-state index is 13.6. The Bertz CT molecular complexity index is 935. The van der Waals surface area contributed by atoms with Crippen LogP contribution in [0.1, 0.15) is 25.7 Å². The van der Waals surface area contributed by atoms with Gasteiger partial charge in [-0.2, -0.15) is 0 Å². The number of anilines is 1. The van der Waals surface area contributed by atoms with Crippen molar-refractivity contribution < 1.29 is 8.78 Å². The van der Waals surface area contributed by atoms with E-state index in [4.69, 9.17) is 16.7 Å². The van der Waals surface area contributed by atoms with Crippen LogP contribution in [-0.2, 0) is 0 Å². The Morgan fingerprint density at radius 2 is 1.77 bits per heavy atom. The Labute approximate surface area is 155 Å². The average Bonchev–Trinajstić information content (AvgIpc) is 2.93. The predicted octanol–water partition coefficient (Wildman–Crippen LogP) is 3.67. The van der Waals surface area contributed by atoms with E-state index >= 15 is 0 Å². The Morgan fingerprint density at radius 3 is 2.50 bits per heavy atom. The van der Waals surface area contributed by atoms with Crippen molar-refractivity contribution in [3.8, 4) is 5.69 Å². The molecule has 0 unspecified atom stereocenters. The smallest absolute Gasteiger partial charge is 0.251 e. The highest BCUT2D eigenvalue weighted by molar-refractivity contribution is 6.30. The van der Waals surface area contributed by atoms with Gasteiger partial charge in [-0.05, 0) is 43.2 Å². The van der Waals surface area contributed by atoms with Crippen molar-refractivity contribution in [3.63, 3.8) is 0 Å². The first-order chi connectivity index (χ1) is 12.5. The first-order valence-electron chi connectivity index (χ1n) is 8.88. The molecule has 0 N–H and O–H groups in total. The summed E-state index contributed by atoms with van der Waals surface area (Å²) in [4.78, 5) is 1.97. The monoisotopic (exact) mass is 375 g/mol. The molecule has 0 amide bonds. The van der Waals surface area contributed by atoms with Gasteiger partial charge in [0.15, 0.2) is 5.82 Å². The fraction of sp³-hybridized carbons (Fsp3) is 0.350. The van der Waals surface area contributed by atoms with Gasteiger partial charge in [0.25, 0.3) is 5.92 Å². The molecule has 2 aromatic rings. The lowest BCUT2D eigenvalue weighted by atomic mass is 10.1. The lowest BCUT2D eigenvalue weighted by Crippen LogP contribution is -2.42. The molecule has 1 aliphatic heterocycles. The zero-order valence-corrected chi connectivity index (χ0v) is 15.1. The Balaban J connectivity index is 1.84. The maximum Gasteiger partial charge on any atom is 0.251 e. The van der Waals surface area contributed by atoms with Gasteiger partial charge in [-0.15, -0.1) is 5.10 Å². The third-order valence-electron chi connectivity index (χ3n) is 4.88. The molecule has 0 atom stereocenters. The number of aromatic nitrogens is 2. The third kappa shape index (κ3) is 3.40. The van der Waals surface area contributed by atoms with Crippen molar-refractivity contribution in [2.24, 2.45) is 0 Å². The normalized spacial score (nSPS) is 19.1. The quantitative estimate of drug-likeness (QED) is 0.798. The summed E-state index contributed by atoms with van der Waals surface area (Å²) in [5.41, 5.74) is 0.911. The van der Waals surface area contributed by atoms with Gasteiger partial charge in [0.05, 0.1) is 11.0 Å². The largest absolute Gasteiger partial charge is 0.354 e. The molecule has 2 heterocycles. The van der Waals surface area contributed by atoms with Crippen molar-refractivity contribution in [1.29, 1.82) is 0 Å². The number of halogens is 3. The molecule has 0 saturated carbocycles. The fourth-order valence-corrected chi connectivity index (χ4v) is 3.55. The lowest BCUT2D eigenvalue weighted by molar-refractivity contribution is -0.0221. The molecule has 26 heavy (non-hydrogen) atoms. The molecule has 0 radical (unpaired) electrons. The van der Waals surface area contributed by atoms with Crippen LogP contribution < -0.4 is 15.5 Å². The number of piperidine rings is 1. The summed E-state index contributed by atoms with van der Waals surface area (Å²) >= 11 is 6.01. The van der Waals surface area contributed by atoms with Crippen LogP contribution in [0.3, 0.4) is 0 Å². The standard InChI is InChI=1S/C20H20ClF2N3/c21-15-7-9-16(10-8-15)26-18-6-4-2-1-3-5-17(18)19(24-26)25-13-11-20(22,23)12-14-25/h1,3,5-10H,2,4,11-14H2. The van der Waals surface area contributed by atoms with Crippen LogP contribution in [0.4, 0.5) is 14.6 Å². The van der Waals surface area contributed by atoms with Crippen LogP contribution in [0, 0.1) is 0 Å². The molecule has 0 bridgehead atoms. The first kappa shape index (κ1) is 17.3. The lowest BCUT2D eigenvalue weighted by Gasteiger charge is -2.31. The molecular formula is C20H20ClF2N3. The molecule has 1 saturated heterocycles. The molecule has 1 fully saturated rings. The van der Waals surface area contributed by atoms with E-state index in [-0.39, 0.29) is 12.8 Å². The SMILES string of the molecule is FC1(F)CCN(c2nn(-c3ccc(Cl)cc3)c3c2=CC=CCCC=3)CC1. The molecule has 1 aromatic heterocycles. The highest BCUT2D eigenvalue weighted by Gasteiger charge is 2.35. The van der Waals surface area contributed by atoms with Gasteiger partial charge >= 0.3 is 0 Å². The number of hydrogen-bond acceptors (Lipinski definition) is 2. The molecule has 0 spiro atoms. The van der Waals surface area contributed by atoms with Crippen LogP contribution in [0.15, 0.2) is 36.4 Å². The molecule has 1 aliphatic carbocycles. The van der Waals surface area contributed by atoms with Crippen LogP contribution >= 0.6 is 11.6 Å². The second-order valence-electron chi connectivity index (χ2n) is 6.73. The van der Waals surface area contributed by atoms with Crippen molar-refractivity contribution in [2.45, 2.75) is 31.6 Å². The summed E-state index contributed by atoms with van der Waals surface area (Å²) in [6.45, 7) is 0.628. The topological polar surface area (TPSA) is 21.1 Å². The van der Waals surface area contributed by atoms with E-state index in [0.29, 0.717) is 18.1 Å². The molecule has 136 valence electrons. The van der Waals surface area contributed by atoms with Gasteiger partial charge in [-0.3, -0.25) is 0 Å². The molecule has 2 aliphatic rings. The van der Waals surface area contributed by atoms with Crippen molar-refractivity contribution >= 4 is 29.6 Å². The highest BCUT2D eigenvalue weighted by atomic mass is 35.5. The Kier molecular flexibility index (Phi) is 4.57. The minimum Gasteiger partial charge on any atom is -0.354 e. The summed E-state index contributed by atoms with van der Waals surface area (Å²) in [5.74, 6) is -1.80. The zero-order chi connectivity index (χ0) is 18.1. The molecule has 6 heteroatoms. The van der Waals surface area contributed by atoms with Crippen LogP contribution in [-0.4, -0.2) is 28.8 Å². The van der Waals surface area contributed by atoms with E-state index in [1.807, 2.05) is 46.0 Å². The van der Waals surface area contributed by atoms with Crippen molar-refractivity contribution in [2.75, 3.05) is 18.0 Å². The van der Waals surface area contributed by atoms with Gasteiger partial charge in [0.1, 0.15) is 0 Å². The number of fused-ring (bicyclic) bond motifs is 1. The summed E-state index contributed by atoms with van der Waals surface area (Å²) in [5, 5.41) is 7.46. The predicted molar refractivity (Wildman–Crippen MR) is 102 cm³/mol. The minimum absolute atomic E-state index is 0.130. The average molecular weight is 376 g/mol. The second kappa shape index (κ2) is 6.88. The van der Waals surface area contributed by atoms with Crippen molar-refractivity contribution in [1.82, 2.24) is 9.78 Å². The van der Waals surface area contributed by atoms with Crippen LogP contribution in [0.5, 0.6) is 0 Å². The molecule has 1 aromatic carbocycles. The maximum atomic E-state index is 13.6. The summed E-state index contributed by atoms with van der Waals surface area (Å²) in [6.07, 6.45) is 9.96. The van der Waals surface area contributed by atoms with Crippen LogP contribution in [0.25, 0.3) is 17.8 Å². The van der Waals surface area contributed by atoms with E-state index in [1.54, 1.807) is 0 Å². The Hall–Kier alpha value is -2.14. The van der Waals surface area contributed by atoms with Gasteiger partial charge in [-0.1, -0.05) is 29.8 Å². The van der Waals surface area contributed by atoms with Crippen LogP contribution in [0.2, 0.25) is 5.02 Å². The number of alkyl halides is 2. The van der Waals surface area contributed by atoms with Gasteiger partial charge < -0.3 is 4.90 Å². The number of hydrogen-bond donors (Lipinski definition) is 0. The van der Waals surface area contributed by atoms with E-state index in [0.717, 1.165) is 34.9 Å². The van der Waals surface area contributed by atoms with E-state index in [2.05, 4.69) is 12.2 Å². The van der Waals surface area contributed by atoms with E-state index < -0.39 is 5.92 Å². The molecule has 3 nitrogen and oxygen atoms in total. The number of rotatable bonds is 2. The highest BCUT2D eigenvalue weighted by Crippen LogP contribution is 2.29. The van der Waals surface area contributed by atoms with Gasteiger partial charge in [0.2, 0.25) is 0 Å². The molecular weight excluding hydrogens is 356 g/mol. The van der Waals surface area contributed by atoms with Crippen molar-refractivity contribution in [3.05, 3.63) is 52.0 Å². The molecule has 4 rings (SSSR count). The number of nitrogens with zero attached hydrogens (tertiary/aromatic N) is 3.